The summed E-state index contributed by atoms with van der Waals surface area (Å²) in [6, 6.07) is 20.6. The Morgan fingerprint density at radius 2 is 1.80 bits per heavy atom. The van der Waals surface area contributed by atoms with Crippen LogP contribution in [0.4, 0.5) is 11.4 Å². The molecule has 4 rings (SSSR count). The van der Waals surface area contributed by atoms with Gasteiger partial charge in [0.05, 0.1) is 17.2 Å². The number of carbonyl (C=O) groups excluding carboxylic acids is 1. The van der Waals surface area contributed by atoms with Gasteiger partial charge in [-0.25, -0.2) is 8.42 Å². The van der Waals surface area contributed by atoms with Gasteiger partial charge in [0.1, 0.15) is 5.75 Å². The van der Waals surface area contributed by atoms with E-state index >= 15 is 0 Å². The van der Waals surface area contributed by atoms with Crippen LogP contribution < -0.4 is 14.4 Å². The first-order valence-corrected chi connectivity index (χ1v) is 11.2. The number of nitrogens with one attached hydrogen (secondary N) is 1. The first-order valence-electron chi connectivity index (χ1n) is 9.74. The standard InChI is InChI=1S/C23H22N2O4S/c1-2-29-20-12-10-19(11-13-20)24-23(26)18-7-5-8-21(16-18)30(27,28)25-15-14-17-6-3-4-9-22(17)25/h3-13,16H,2,14-15H2,1H3,(H,24,26). The fourth-order valence-electron chi connectivity index (χ4n) is 3.49. The van der Waals surface area contributed by atoms with Crippen molar-refractivity contribution >= 4 is 27.3 Å². The van der Waals surface area contributed by atoms with Crippen molar-refractivity contribution in [2.45, 2.75) is 18.2 Å². The van der Waals surface area contributed by atoms with Crippen molar-refractivity contribution in [1.29, 1.82) is 0 Å². The highest BCUT2D eigenvalue weighted by Crippen LogP contribution is 2.32. The number of hydrogen-bond acceptors (Lipinski definition) is 4. The molecule has 1 aliphatic rings. The molecule has 1 amide bonds. The summed E-state index contributed by atoms with van der Waals surface area (Å²) >= 11 is 0. The average Bonchev–Trinajstić information content (AvgIpc) is 3.20. The topological polar surface area (TPSA) is 75.7 Å². The molecular weight excluding hydrogens is 400 g/mol. The minimum atomic E-state index is -3.76. The molecular formula is C23H22N2O4S. The zero-order chi connectivity index (χ0) is 21.1. The third-order valence-corrected chi connectivity index (χ3v) is 6.76. The number of nitrogens with zero attached hydrogens (tertiary/aromatic N) is 1. The third kappa shape index (κ3) is 3.89. The molecule has 0 bridgehead atoms. The van der Waals surface area contributed by atoms with E-state index in [1.165, 1.54) is 16.4 Å². The largest absolute Gasteiger partial charge is 0.494 e. The summed E-state index contributed by atoms with van der Waals surface area (Å²) in [6.45, 7) is 2.86. The van der Waals surface area contributed by atoms with E-state index in [-0.39, 0.29) is 16.4 Å². The van der Waals surface area contributed by atoms with Gasteiger partial charge in [-0.05, 0) is 67.4 Å². The van der Waals surface area contributed by atoms with Gasteiger partial charge < -0.3 is 10.1 Å². The Morgan fingerprint density at radius 3 is 2.57 bits per heavy atom. The Labute approximate surface area is 176 Å². The molecule has 154 valence electrons. The van der Waals surface area contributed by atoms with Crippen LogP contribution in [0, 0.1) is 0 Å². The predicted octanol–water partition coefficient (Wildman–Crippen LogP) is 4.09. The molecule has 0 aliphatic carbocycles. The number of fused-ring (bicyclic) bond motifs is 1. The number of amides is 1. The molecule has 0 atom stereocenters. The van der Waals surface area contributed by atoms with Crippen LogP contribution in [0.25, 0.3) is 0 Å². The Bertz CT molecular complexity index is 1170. The first-order chi connectivity index (χ1) is 14.5. The van der Waals surface area contributed by atoms with Crippen LogP contribution in [-0.2, 0) is 16.4 Å². The van der Waals surface area contributed by atoms with Crippen molar-refractivity contribution in [3.63, 3.8) is 0 Å². The second-order valence-electron chi connectivity index (χ2n) is 6.90. The van der Waals surface area contributed by atoms with Gasteiger partial charge in [-0.3, -0.25) is 9.10 Å². The van der Waals surface area contributed by atoms with E-state index < -0.39 is 10.0 Å². The van der Waals surface area contributed by atoms with Gasteiger partial charge in [0.15, 0.2) is 0 Å². The Kier molecular flexibility index (Phi) is 5.46. The van der Waals surface area contributed by atoms with Crippen molar-refractivity contribution in [2.24, 2.45) is 0 Å². The van der Waals surface area contributed by atoms with Crippen molar-refractivity contribution in [2.75, 3.05) is 22.8 Å². The number of rotatable bonds is 6. The summed E-state index contributed by atoms with van der Waals surface area (Å²) in [5.74, 6) is 0.340. The van der Waals surface area contributed by atoms with E-state index in [2.05, 4.69) is 5.32 Å². The average molecular weight is 423 g/mol. The normalized spacial score (nSPS) is 13.0. The van der Waals surface area contributed by atoms with Gasteiger partial charge in [-0.2, -0.15) is 0 Å². The molecule has 1 aliphatic heterocycles. The number of benzene rings is 3. The fraction of sp³-hybridized carbons (Fsp3) is 0.174. The maximum Gasteiger partial charge on any atom is 0.264 e. The van der Waals surface area contributed by atoms with Gasteiger partial charge in [-0.1, -0.05) is 24.3 Å². The minimum absolute atomic E-state index is 0.0959. The van der Waals surface area contributed by atoms with Crippen LogP contribution in [0.3, 0.4) is 0 Å². The SMILES string of the molecule is CCOc1ccc(NC(=O)c2cccc(S(=O)(=O)N3CCc4ccccc43)c2)cc1. The number of ether oxygens (including phenoxy) is 1. The molecule has 3 aromatic carbocycles. The summed E-state index contributed by atoms with van der Waals surface area (Å²) in [4.78, 5) is 12.8. The van der Waals surface area contributed by atoms with E-state index in [1.54, 1.807) is 36.4 Å². The molecule has 3 aromatic rings. The Balaban J connectivity index is 1.56. The summed E-state index contributed by atoms with van der Waals surface area (Å²) in [5.41, 5.74) is 2.58. The zero-order valence-corrected chi connectivity index (χ0v) is 17.4. The molecule has 30 heavy (non-hydrogen) atoms. The highest BCUT2D eigenvalue weighted by molar-refractivity contribution is 7.92. The molecule has 0 aromatic heterocycles. The lowest BCUT2D eigenvalue weighted by molar-refractivity contribution is 0.102. The van der Waals surface area contributed by atoms with Crippen molar-refractivity contribution < 1.29 is 17.9 Å². The van der Waals surface area contributed by atoms with E-state index in [1.807, 2.05) is 31.2 Å². The molecule has 1 N–H and O–H groups in total. The van der Waals surface area contributed by atoms with Crippen LogP contribution in [-0.4, -0.2) is 27.5 Å². The van der Waals surface area contributed by atoms with Crippen molar-refractivity contribution in [1.82, 2.24) is 0 Å². The van der Waals surface area contributed by atoms with E-state index in [9.17, 15) is 13.2 Å². The molecule has 0 unspecified atom stereocenters. The lowest BCUT2D eigenvalue weighted by Gasteiger charge is -2.20. The molecule has 6 nitrogen and oxygen atoms in total. The molecule has 0 fully saturated rings. The number of hydrogen-bond donors (Lipinski definition) is 1. The summed E-state index contributed by atoms with van der Waals surface area (Å²) in [5, 5.41) is 2.79. The van der Waals surface area contributed by atoms with Gasteiger partial charge in [0, 0.05) is 17.8 Å². The van der Waals surface area contributed by atoms with Gasteiger partial charge >= 0.3 is 0 Å². The van der Waals surface area contributed by atoms with Crippen molar-refractivity contribution in [3.05, 3.63) is 83.9 Å². The van der Waals surface area contributed by atoms with Crippen LogP contribution in [0.2, 0.25) is 0 Å². The number of anilines is 2. The Morgan fingerprint density at radius 1 is 1.03 bits per heavy atom. The smallest absolute Gasteiger partial charge is 0.264 e. The first kappa shape index (κ1) is 20.0. The third-order valence-electron chi connectivity index (χ3n) is 4.95. The minimum Gasteiger partial charge on any atom is -0.494 e. The van der Waals surface area contributed by atoms with E-state index in [0.717, 1.165) is 11.3 Å². The van der Waals surface area contributed by atoms with E-state index in [0.29, 0.717) is 30.9 Å². The van der Waals surface area contributed by atoms with Crippen LogP contribution in [0.15, 0.2) is 77.7 Å². The lowest BCUT2D eigenvalue weighted by Crippen LogP contribution is -2.29. The van der Waals surface area contributed by atoms with Gasteiger partial charge in [0.25, 0.3) is 15.9 Å². The second kappa shape index (κ2) is 8.20. The maximum atomic E-state index is 13.2. The molecule has 0 spiro atoms. The Hall–Kier alpha value is -3.32. The van der Waals surface area contributed by atoms with Gasteiger partial charge in [0.2, 0.25) is 0 Å². The van der Waals surface area contributed by atoms with Crippen LogP contribution >= 0.6 is 0 Å². The van der Waals surface area contributed by atoms with Gasteiger partial charge in [-0.15, -0.1) is 0 Å². The molecule has 1 heterocycles. The maximum absolute atomic E-state index is 13.2. The van der Waals surface area contributed by atoms with Crippen LogP contribution in [0.5, 0.6) is 5.75 Å². The van der Waals surface area contributed by atoms with Crippen LogP contribution in [0.1, 0.15) is 22.8 Å². The quantitative estimate of drug-likeness (QED) is 0.649. The number of carbonyl (C=O) groups is 1. The highest BCUT2D eigenvalue weighted by Gasteiger charge is 2.30. The number of para-hydroxylation sites is 1. The van der Waals surface area contributed by atoms with E-state index in [4.69, 9.17) is 4.74 Å². The second-order valence-corrected chi connectivity index (χ2v) is 8.76. The highest BCUT2D eigenvalue weighted by atomic mass is 32.2. The summed E-state index contributed by atoms with van der Waals surface area (Å²) in [7, 11) is -3.76. The summed E-state index contributed by atoms with van der Waals surface area (Å²) in [6.07, 6.45) is 0.674. The molecule has 0 saturated heterocycles. The molecule has 0 saturated carbocycles. The molecule has 7 heteroatoms. The summed E-state index contributed by atoms with van der Waals surface area (Å²) < 4.78 is 33.2. The predicted molar refractivity (Wildman–Crippen MR) is 117 cm³/mol. The fourth-order valence-corrected chi connectivity index (χ4v) is 5.04. The van der Waals surface area contributed by atoms with Crippen molar-refractivity contribution in [3.8, 4) is 5.75 Å². The lowest BCUT2D eigenvalue weighted by atomic mass is 10.2. The molecule has 0 radical (unpaired) electrons. The zero-order valence-electron chi connectivity index (χ0n) is 16.5. The monoisotopic (exact) mass is 422 g/mol. The number of sulfonamides is 1.